The van der Waals surface area contributed by atoms with Gasteiger partial charge in [0.2, 0.25) is 5.95 Å². The van der Waals surface area contributed by atoms with Gasteiger partial charge in [0.25, 0.3) is 5.91 Å². The van der Waals surface area contributed by atoms with Crippen molar-refractivity contribution in [3.8, 4) is 0 Å². The van der Waals surface area contributed by atoms with Gasteiger partial charge in [-0.3, -0.25) is 4.79 Å². The van der Waals surface area contributed by atoms with E-state index in [-0.39, 0.29) is 17.4 Å². The van der Waals surface area contributed by atoms with Crippen LogP contribution < -0.4 is 4.90 Å². The number of aromatic nitrogens is 2. The molecule has 0 spiro atoms. The molecular formula is C20H24N4O3. The van der Waals surface area contributed by atoms with Gasteiger partial charge in [0.1, 0.15) is 0 Å². The van der Waals surface area contributed by atoms with Crippen LogP contribution in [0.5, 0.6) is 0 Å². The molecule has 1 amide bonds. The largest absolute Gasteiger partial charge is 0.478 e. The van der Waals surface area contributed by atoms with Gasteiger partial charge in [-0.05, 0) is 37.5 Å². The number of anilines is 1. The number of carboxylic acid groups (broad SMARTS) is 1. The topological polar surface area (TPSA) is 86.6 Å². The molecule has 2 heterocycles. The van der Waals surface area contributed by atoms with E-state index >= 15 is 0 Å². The Balaban J connectivity index is 1.75. The lowest BCUT2D eigenvalue weighted by Crippen LogP contribution is -2.39. The molecule has 2 aromatic rings. The summed E-state index contributed by atoms with van der Waals surface area (Å²) >= 11 is 0. The Labute approximate surface area is 158 Å². The number of piperidine rings is 1. The lowest BCUT2D eigenvalue weighted by molar-refractivity contribution is 0.0693. The van der Waals surface area contributed by atoms with Gasteiger partial charge in [0.05, 0.1) is 16.8 Å². The van der Waals surface area contributed by atoms with Crippen molar-refractivity contribution in [2.45, 2.75) is 25.7 Å². The van der Waals surface area contributed by atoms with Crippen molar-refractivity contribution >= 4 is 17.8 Å². The van der Waals surface area contributed by atoms with Gasteiger partial charge < -0.3 is 14.9 Å². The van der Waals surface area contributed by atoms with E-state index in [1.165, 1.54) is 0 Å². The number of amides is 1. The summed E-state index contributed by atoms with van der Waals surface area (Å²) in [4.78, 5) is 36.3. The first-order valence-electron chi connectivity index (χ1n) is 9.00. The van der Waals surface area contributed by atoms with E-state index < -0.39 is 5.97 Å². The van der Waals surface area contributed by atoms with Gasteiger partial charge in [-0.15, -0.1) is 0 Å². The highest BCUT2D eigenvalue weighted by Crippen LogP contribution is 2.28. The molecule has 0 aliphatic carbocycles. The second-order valence-electron chi connectivity index (χ2n) is 7.08. The second kappa shape index (κ2) is 7.73. The quantitative estimate of drug-likeness (QED) is 0.893. The van der Waals surface area contributed by atoms with Crippen molar-refractivity contribution < 1.29 is 14.7 Å². The summed E-state index contributed by atoms with van der Waals surface area (Å²) in [6, 6.07) is 6.94. The van der Waals surface area contributed by atoms with Gasteiger partial charge in [-0.1, -0.05) is 12.1 Å². The molecule has 1 N–H and O–H groups in total. The smallest absolute Gasteiger partial charge is 0.335 e. The van der Waals surface area contributed by atoms with Crippen LogP contribution in [0.15, 0.2) is 30.5 Å². The third-order valence-electron chi connectivity index (χ3n) is 4.93. The zero-order chi connectivity index (χ0) is 19.6. The van der Waals surface area contributed by atoms with E-state index in [0.29, 0.717) is 30.3 Å². The van der Waals surface area contributed by atoms with Gasteiger partial charge in [0, 0.05) is 39.3 Å². The molecule has 0 saturated carbocycles. The van der Waals surface area contributed by atoms with Crippen molar-refractivity contribution in [2.24, 2.45) is 0 Å². The molecule has 0 unspecified atom stereocenters. The molecule has 1 fully saturated rings. The minimum atomic E-state index is -0.932. The first-order valence-corrected chi connectivity index (χ1v) is 9.00. The monoisotopic (exact) mass is 368 g/mol. The molecule has 0 bridgehead atoms. The molecule has 7 nitrogen and oxygen atoms in total. The molecule has 1 aromatic carbocycles. The molecule has 1 aliphatic heterocycles. The Morgan fingerprint density at radius 2 is 1.93 bits per heavy atom. The third kappa shape index (κ3) is 4.07. The SMILES string of the molecule is Cc1nc(N(C)C)ncc1C(=O)N1CCC[C@@H](c2ccc(C(=O)O)cc2)C1. The Hall–Kier alpha value is -2.96. The summed E-state index contributed by atoms with van der Waals surface area (Å²) < 4.78 is 0. The maximum atomic E-state index is 13.0. The lowest BCUT2D eigenvalue weighted by atomic mass is 9.90. The maximum absolute atomic E-state index is 13.0. The number of aryl methyl sites for hydroxylation is 1. The number of carboxylic acids is 1. The van der Waals surface area contributed by atoms with E-state index in [1.54, 1.807) is 23.2 Å². The Morgan fingerprint density at radius 3 is 2.52 bits per heavy atom. The predicted octanol–water partition coefficient (Wildman–Crippen LogP) is 2.57. The Morgan fingerprint density at radius 1 is 1.22 bits per heavy atom. The number of nitrogens with zero attached hydrogens (tertiary/aromatic N) is 4. The molecule has 27 heavy (non-hydrogen) atoms. The van der Waals surface area contributed by atoms with E-state index in [2.05, 4.69) is 9.97 Å². The molecule has 1 aromatic heterocycles. The number of rotatable bonds is 4. The van der Waals surface area contributed by atoms with Crippen LogP contribution >= 0.6 is 0 Å². The van der Waals surface area contributed by atoms with Crippen LogP contribution in [0.4, 0.5) is 5.95 Å². The molecule has 1 aliphatic rings. The summed E-state index contributed by atoms with van der Waals surface area (Å²) in [6.45, 7) is 3.14. The average Bonchev–Trinajstić information content (AvgIpc) is 2.67. The summed E-state index contributed by atoms with van der Waals surface area (Å²) in [5.74, 6) is -0.199. The molecule has 142 valence electrons. The normalized spacial score (nSPS) is 16.9. The zero-order valence-corrected chi connectivity index (χ0v) is 15.8. The number of carbonyl (C=O) groups is 2. The molecule has 7 heteroatoms. The van der Waals surface area contributed by atoms with Crippen LogP contribution in [-0.2, 0) is 0 Å². The third-order valence-corrected chi connectivity index (χ3v) is 4.93. The van der Waals surface area contributed by atoms with Gasteiger partial charge in [-0.2, -0.15) is 0 Å². The highest BCUT2D eigenvalue weighted by molar-refractivity contribution is 5.95. The summed E-state index contributed by atoms with van der Waals surface area (Å²) in [7, 11) is 3.72. The summed E-state index contributed by atoms with van der Waals surface area (Å²) in [5.41, 5.74) is 2.54. The molecular weight excluding hydrogens is 344 g/mol. The number of benzene rings is 1. The number of aromatic carboxylic acids is 1. The van der Waals surface area contributed by atoms with E-state index in [0.717, 1.165) is 18.4 Å². The Kier molecular flexibility index (Phi) is 5.39. The number of hydrogen-bond acceptors (Lipinski definition) is 5. The van der Waals surface area contributed by atoms with Crippen LogP contribution in [0, 0.1) is 6.92 Å². The fourth-order valence-corrected chi connectivity index (χ4v) is 3.38. The number of hydrogen-bond donors (Lipinski definition) is 1. The minimum Gasteiger partial charge on any atom is -0.478 e. The lowest BCUT2D eigenvalue weighted by Gasteiger charge is -2.33. The van der Waals surface area contributed by atoms with Crippen molar-refractivity contribution in [2.75, 3.05) is 32.1 Å². The van der Waals surface area contributed by atoms with Gasteiger partial charge in [0.15, 0.2) is 0 Å². The number of likely N-dealkylation sites (tertiary alicyclic amines) is 1. The fourth-order valence-electron chi connectivity index (χ4n) is 3.38. The number of carbonyl (C=O) groups excluding carboxylic acids is 1. The van der Waals surface area contributed by atoms with Crippen LogP contribution in [-0.4, -0.2) is 59.0 Å². The van der Waals surface area contributed by atoms with Crippen LogP contribution in [0.2, 0.25) is 0 Å². The van der Waals surface area contributed by atoms with Crippen molar-refractivity contribution in [1.29, 1.82) is 0 Å². The zero-order valence-electron chi connectivity index (χ0n) is 15.8. The first-order chi connectivity index (χ1) is 12.9. The second-order valence-corrected chi connectivity index (χ2v) is 7.08. The average molecular weight is 368 g/mol. The summed E-state index contributed by atoms with van der Waals surface area (Å²) in [6.07, 6.45) is 3.49. The molecule has 3 rings (SSSR count). The summed E-state index contributed by atoms with van der Waals surface area (Å²) in [5, 5.41) is 9.04. The highest BCUT2D eigenvalue weighted by Gasteiger charge is 2.27. The molecule has 1 atom stereocenters. The Bertz CT molecular complexity index is 849. The first kappa shape index (κ1) is 18.8. The minimum absolute atomic E-state index is 0.0512. The van der Waals surface area contributed by atoms with E-state index in [1.807, 2.05) is 38.1 Å². The molecule has 0 radical (unpaired) electrons. The predicted molar refractivity (Wildman–Crippen MR) is 102 cm³/mol. The van der Waals surface area contributed by atoms with Crippen molar-refractivity contribution in [3.63, 3.8) is 0 Å². The van der Waals surface area contributed by atoms with E-state index in [9.17, 15) is 9.59 Å². The van der Waals surface area contributed by atoms with Crippen molar-refractivity contribution in [3.05, 3.63) is 52.8 Å². The van der Waals surface area contributed by atoms with Gasteiger partial charge >= 0.3 is 5.97 Å². The fraction of sp³-hybridized carbons (Fsp3) is 0.400. The maximum Gasteiger partial charge on any atom is 0.335 e. The van der Waals surface area contributed by atoms with Crippen molar-refractivity contribution in [1.82, 2.24) is 14.9 Å². The van der Waals surface area contributed by atoms with E-state index in [4.69, 9.17) is 5.11 Å². The van der Waals surface area contributed by atoms with Crippen LogP contribution in [0.25, 0.3) is 0 Å². The standard InChI is InChI=1S/C20H24N4O3/c1-13-17(11-21-20(22-13)23(2)3)18(25)24-10-4-5-16(12-24)14-6-8-15(9-7-14)19(26)27/h6-9,11,16H,4-5,10,12H2,1-3H3,(H,26,27)/t16-/m1/s1. The highest BCUT2D eigenvalue weighted by atomic mass is 16.4. The van der Waals surface area contributed by atoms with Crippen LogP contribution in [0.1, 0.15) is 50.7 Å². The molecule has 1 saturated heterocycles. The van der Waals surface area contributed by atoms with Gasteiger partial charge in [-0.25, -0.2) is 14.8 Å². The van der Waals surface area contributed by atoms with Crippen LogP contribution in [0.3, 0.4) is 0 Å².